The van der Waals surface area contributed by atoms with Crippen LogP contribution in [-0.4, -0.2) is 9.78 Å². The Kier molecular flexibility index (Phi) is 3.91. The first-order valence-electron chi connectivity index (χ1n) is 5.82. The van der Waals surface area contributed by atoms with Crippen LogP contribution >= 0.6 is 15.9 Å². The lowest BCUT2D eigenvalue weighted by atomic mass is 10.2. The van der Waals surface area contributed by atoms with Crippen molar-refractivity contribution in [2.45, 2.75) is 27.0 Å². The van der Waals surface area contributed by atoms with E-state index in [0.717, 1.165) is 22.3 Å². The lowest BCUT2D eigenvalue weighted by Gasteiger charge is -2.09. The zero-order valence-corrected chi connectivity index (χ0v) is 12.1. The van der Waals surface area contributed by atoms with E-state index < -0.39 is 0 Å². The van der Waals surface area contributed by atoms with Gasteiger partial charge in [-0.25, -0.2) is 4.68 Å². The number of halogens is 1. The van der Waals surface area contributed by atoms with Crippen LogP contribution in [0.4, 0.5) is 5.69 Å². The lowest BCUT2D eigenvalue weighted by molar-refractivity contribution is 0.275. The summed E-state index contributed by atoms with van der Waals surface area (Å²) < 4.78 is 8.59. The predicted molar refractivity (Wildman–Crippen MR) is 75.5 cm³/mol. The van der Waals surface area contributed by atoms with Gasteiger partial charge in [0.05, 0.1) is 5.69 Å². The summed E-state index contributed by atoms with van der Waals surface area (Å²) in [4.78, 5) is 0. The number of nitrogen functional groups attached to an aromatic ring is 1. The molecule has 0 spiro atoms. The summed E-state index contributed by atoms with van der Waals surface area (Å²) in [6.45, 7) is 5.12. The van der Waals surface area contributed by atoms with Crippen molar-refractivity contribution in [2.75, 3.05) is 5.73 Å². The fraction of sp³-hybridized carbons (Fsp3) is 0.308. The third-order valence-electron chi connectivity index (χ3n) is 2.69. The van der Waals surface area contributed by atoms with Gasteiger partial charge in [0.2, 0.25) is 5.88 Å². The van der Waals surface area contributed by atoms with Crippen molar-refractivity contribution in [2.24, 2.45) is 0 Å². The van der Waals surface area contributed by atoms with Crippen LogP contribution in [0.15, 0.2) is 28.7 Å². The molecule has 0 bridgehead atoms. The van der Waals surface area contributed by atoms with Crippen molar-refractivity contribution in [3.8, 4) is 5.88 Å². The Morgan fingerprint density at radius 3 is 2.89 bits per heavy atom. The van der Waals surface area contributed by atoms with E-state index >= 15 is 0 Å². The van der Waals surface area contributed by atoms with Crippen molar-refractivity contribution >= 4 is 21.6 Å². The molecule has 2 N–H and O–H groups in total. The number of benzene rings is 1. The highest BCUT2D eigenvalue weighted by atomic mass is 79.9. The topological polar surface area (TPSA) is 53.1 Å². The lowest BCUT2D eigenvalue weighted by Crippen LogP contribution is -2.04. The molecular weight excluding hydrogens is 294 g/mol. The minimum absolute atomic E-state index is 0.481. The first-order valence-corrected chi connectivity index (χ1v) is 6.61. The van der Waals surface area contributed by atoms with Crippen LogP contribution in [0.5, 0.6) is 5.88 Å². The summed E-state index contributed by atoms with van der Waals surface area (Å²) in [5.74, 6) is 0.648. The molecule has 2 aromatic rings. The summed E-state index contributed by atoms with van der Waals surface area (Å²) >= 11 is 3.44. The Labute approximate surface area is 115 Å². The van der Waals surface area contributed by atoms with Gasteiger partial charge in [0.15, 0.2) is 0 Å². The number of anilines is 1. The largest absolute Gasteiger partial charge is 0.471 e. The third kappa shape index (κ3) is 2.67. The summed E-state index contributed by atoms with van der Waals surface area (Å²) in [6, 6.07) is 8.00. The van der Waals surface area contributed by atoms with E-state index in [1.54, 1.807) is 4.68 Å². The van der Waals surface area contributed by atoms with E-state index in [2.05, 4.69) is 21.0 Å². The second-order valence-corrected chi connectivity index (χ2v) is 4.95. The van der Waals surface area contributed by atoms with Gasteiger partial charge >= 0.3 is 0 Å². The fourth-order valence-electron chi connectivity index (χ4n) is 1.72. The zero-order chi connectivity index (χ0) is 13.1. The first kappa shape index (κ1) is 13.0. The number of aryl methyl sites for hydroxylation is 2. The van der Waals surface area contributed by atoms with E-state index in [1.807, 2.05) is 38.1 Å². The van der Waals surface area contributed by atoms with Gasteiger partial charge < -0.3 is 10.5 Å². The average Bonchev–Trinajstić information content (AvgIpc) is 2.63. The summed E-state index contributed by atoms with van der Waals surface area (Å²) in [7, 11) is 0. The number of hydrogen-bond donors (Lipinski definition) is 1. The molecule has 4 nitrogen and oxygen atoms in total. The van der Waals surface area contributed by atoms with Gasteiger partial charge in [0.25, 0.3) is 0 Å². The summed E-state index contributed by atoms with van der Waals surface area (Å²) in [5, 5.41) is 4.32. The molecule has 0 aliphatic heterocycles. The number of ether oxygens (including phenoxy) is 1. The van der Waals surface area contributed by atoms with Gasteiger partial charge in [-0.05, 0) is 31.5 Å². The van der Waals surface area contributed by atoms with E-state index in [4.69, 9.17) is 10.5 Å². The molecule has 0 saturated carbocycles. The molecule has 0 atom stereocenters. The molecule has 0 aliphatic carbocycles. The van der Waals surface area contributed by atoms with Gasteiger partial charge in [-0.2, -0.15) is 5.10 Å². The van der Waals surface area contributed by atoms with Crippen LogP contribution < -0.4 is 10.5 Å². The summed E-state index contributed by atoms with van der Waals surface area (Å²) in [5.41, 5.74) is 8.47. The fourth-order valence-corrected chi connectivity index (χ4v) is 2.17. The molecule has 1 aromatic carbocycles. The maximum Gasteiger partial charge on any atom is 0.236 e. The van der Waals surface area contributed by atoms with E-state index in [1.165, 1.54) is 0 Å². The van der Waals surface area contributed by atoms with E-state index in [9.17, 15) is 0 Å². The van der Waals surface area contributed by atoms with Crippen molar-refractivity contribution in [3.05, 3.63) is 40.0 Å². The van der Waals surface area contributed by atoms with Gasteiger partial charge in [-0.3, -0.25) is 0 Å². The number of nitrogens with zero attached hydrogens (tertiary/aromatic N) is 2. The molecule has 0 unspecified atom stereocenters. The Morgan fingerprint density at radius 1 is 1.44 bits per heavy atom. The van der Waals surface area contributed by atoms with Crippen molar-refractivity contribution < 1.29 is 4.74 Å². The quantitative estimate of drug-likeness (QED) is 0.944. The molecule has 0 aliphatic rings. The number of hydrogen-bond acceptors (Lipinski definition) is 3. The molecule has 0 radical (unpaired) electrons. The molecule has 0 saturated heterocycles. The smallest absolute Gasteiger partial charge is 0.236 e. The van der Waals surface area contributed by atoms with Crippen LogP contribution in [0.2, 0.25) is 0 Å². The highest BCUT2D eigenvalue weighted by Gasteiger charge is 2.12. The normalized spacial score (nSPS) is 10.6. The maximum absolute atomic E-state index is 5.96. The van der Waals surface area contributed by atoms with Crippen LogP contribution in [0.3, 0.4) is 0 Å². The molecule has 0 amide bonds. The Bertz CT molecular complexity index is 551. The second-order valence-electron chi connectivity index (χ2n) is 4.04. The van der Waals surface area contributed by atoms with Crippen molar-refractivity contribution in [1.82, 2.24) is 9.78 Å². The van der Waals surface area contributed by atoms with Crippen LogP contribution in [0.25, 0.3) is 0 Å². The van der Waals surface area contributed by atoms with Crippen LogP contribution in [-0.2, 0) is 13.2 Å². The van der Waals surface area contributed by atoms with Crippen molar-refractivity contribution in [3.63, 3.8) is 0 Å². The standard InChI is InChI=1S/C13H16BrN3O/c1-3-17-13(12(15)9(2)16-17)18-8-10-5-4-6-11(14)7-10/h4-7H,3,8,15H2,1-2H3. The Morgan fingerprint density at radius 2 is 2.22 bits per heavy atom. The molecule has 1 aromatic heterocycles. The van der Waals surface area contributed by atoms with Gasteiger partial charge in [-0.1, -0.05) is 28.1 Å². The van der Waals surface area contributed by atoms with E-state index in [-0.39, 0.29) is 0 Å². The molecule has 1 heterocycles. The molecular formula is C13H16BrN3O. The third-order valence-corrected chi connectivity index (χ3v) is 3.18. The maximum atomic E-state index is 5.96. The van der Waals surface area contributed by atoms with Gasteiger partial charge in [0.1, 0.15) is 12.3 Å². The SMILES string of the molecule is CCn1nc(C)c(N)c1OCc1cccc(Br)c1. The molecule has 18 heavy (non-hydrogen) atoms. The monoisotopic (exact) mass is 309 g/mol. The van der Waals surface area contributed by atoms with Gasteiger partial charge in [-0.15, -0.1) is 0 Å². The highest BCUT2D eigenvalue weighted by molar-refractivity contribution is 9.10. The number of aromatic nitrogens is 2. The van der Waals surface area contributed by atoms with Crippen molar-refractivity contribution in [1.29, 1.82) is 0 Å². The predicted octanol–water partition coefficient (Wildman–Crippen LogP) is 3.14. The minimum atomic E-state index is 0.481. The zero-order valence-electron chi connectivity index (χ0n) is 10.5. The molecule has 5 heteroatoms. The highest BCUT2D eigenvalue weighted by Crippen LogP contribution is 2.25. The minimum Gasteiger partial charge on any atom is -0.471 e. The van der Waals surface area contributed by atoms with E-state index in [0.29, 0.717) is 18.2 Å². The Balaban J connectivity index is 2.15. The average molecular weight is 310 g/mol. The van der Waals surface area contributed by atoms with Gasteiger partial charge in [0, 0.05) is 11.0 Å². The second kappa shape index (κ2) is 5.44. The molecule has 0 fully saturated rings. The number of rotatable bonds is 4. The first-order chi connectivity index (χ1) is 8.61. The van der Waals surface area contributed by atoms with Crippen LogP contribution in [0.1, 0.15) is 18.2 Å². The Hall–Kier alpha value is -1.49. The number of nitrogens with two attached hydrogens (primary N) is 1. The molecule has 96 valence electrons. The summed E-state index contributed by atoms with van der Waals surface area (Å²) in [6.07, 6.45) is 0. The van der Waals surface area contributed by atoms with Crippen LogP contribution in [0, 0.1) is 6.92 Å². The molecule has 2 rings (SSSR count).